The number of carbonyl (C=O) groups is 2. The van der Waals surface area contributed by atoms with Gasteiger partial charge in [-0.3, -0.25) is 4.79 Å². The number of aromatic carboxylic acids is 1. The molecule has 1 fully saturated rings. The maximum Gasteiger partial charge on any atom is 0.338 e. The Kier molecular flexibility index (Phi) is 5.10. The van der Waals surface area contributed by atoms with Gasteiger partial charge in [0, 0.05) is 11.5 Å². The van der Waals surface area contributed by atoms with E-state index in [0.29, 0.717) is 22.7 Å². The zero-order chi connectivity index (χ0) is 20.5. The van der Waals surface area contributed by atoms with Crippen LogP contribution in [-0.2, 0) is 0 Å². The Labute approximate surface area is 170 Å². The molecular weight excluding hydrogens is 395 g/mol. The number of ketones is 1. The van der Waals surface area contributed by atoms with Crippen molar-refractivity contribution in [3.8, 4) is 17.0 Å². The van der Waals surface area contributed by atoms with Gasteiger partial charge < -0.3 is 9.84 Å². The zero-order valence-corrected chi connectivity index (χ0v) is 16.3. The van der Waals surface area contributed by atoms with Crippen LogP contribution in [0.15, 0.2) is 42.6 Å². The Morgan fingerprint density at radius 3 is 2.66 bits per heavy atom. The van der Waals surface area contributed by atoms with Gasteiger partial charge in [-0.15, -0.1) is 0 Å². The first-order valence-electron chi connectivity index (χ1n) is 9.09. The SMILES string of the molecule is C[C@@H](Oc1ccc(C(=O)C2CC2)nc1)c1cc(-c2ccc(C(=O)O)c(F)c2)ns1. The fraction of sp³-hybridized carbons (Fsp3) is 0.238. The van der Waals surface area contributed by atoms with E-state index in [0.717, 1.165) is 23.8 Å². The Morgan fingerprint density at radius 1 is 1.24 bits per heavy atom. The quantitative estimate of drug-likeness (QED) is 0.562. The normalized spacial score (nSPS) is 14.4. The molecule has 3 aromatic rings. The summed E-state index contributed by atoms with van der Waals surface area (Å²) in [4.78, 5) is 28.0. The second kappa shape index (κ2) is 7.71. The molecule has 148 valence electrons. The average Bonchev–Trinajstić information content (AvgIpc) is 3.43. The molecular formula is C21H17FN2O4S. The minimum atomic E-state index is -1.31. The molecule has 6 nitrogen and oxygen atoms in total. The number of aromatic nitrogens is 2. The molecule has 0 amide bonds. The van der Waals surface area contributed by atoms with Crippen LogP contribution in [0, 0.1) is 11.7 Å². The molecule has 0 spiro atoms. The summed E-state index contributed by atoms with van der Waals surface area (Å²) in [7, 11) is 0. The van der Waals surface area contributed by atoms with E-state index < -0.39 is 11.8 Å². The molecule has 8 heteroatoms. The number of nitrogens with zero attached hydrogens (tertiary/aromatic N) is 2. The summed E-state index contributed by atoms with van der Waals surface area (Å²) in [6, 6.07) is 9.09. The van der Waals surface area contributed by atoms with Gasteiger partial charge in [-0.25, -0.2) is 14.2 Å². The maximum atomic E-state index is 13.9. The second-order valence-corrected chi connectivity index (χ2v) is 7.73. The molecule has 4 rings (SSSR count). The summed E-state index contributed by atoms with van der Waals surface area (Å²) in [5.41, 5.74) is 1.11. The maximum absolute atomic E-state index is 13.9. The van der Waals surface area contributed by atoms with Crippen LogP contribution in [0.5, 0.6) is 5.75 Å². The number of Topliss-reactive ketones (excluding diaryl/α,β-unsaturated/α-hetero) is 1. The number of rotatable bonds is 7. The van der Waals surface area contributed by atoms with Crippen molar-refractivity contribution in [1.29, 1.82) is 0 Å². The molecule has 1 saturated carbocycles. The highest BCUT2D eigenvalue weighted by Crippen LogP contribution is 2.33. The van der Waals surface area contributed by atoms with Gasteiger partial charge >= 0.3 is 5.97 Å². The number of pyridine rings is 1. The molecule has 0 unspecified atom stereocenters. The lowest BCUT2D eigenvalue weighted by molar-refractivity contribution is 0.0691. The number of carboxylic acids is 1. The van der Waals surface area contributed by atoms with Crippen LogP contribution < -0.4 is 4.74 Å². The zero-order valence-electron chi connectivity index (χ0n) is 15.5. The molecule has 0 radical (unpaired) electrons. The van der Waals surface area contributed by atoms with Crippen molar-refractivity contribution in [3.63, 3.8) is 0 Å². The van der Waals surface area contributed by atoms with Crippen molar-refractivity contribution in [1.82, 2.24) is 9.36 Å². The first-order chi connectivity index (χ1) is 13.9. The predicted octanol–water partition coefficient (Wildman–Crippen LogP) is 4.78. The number of hydrogen-bond donors (Lipinski definition) is 1. The van der Waals surface area contributed by atoms with Crippen LogP contribution in [0.3, 0.4) is 0 Å². The first kappa shape index (κ1) is 19.2. The molecule has 0 aliphatic heterocycles. The smallest absolute Gasteiger partial charge is 0.338 e. The van der Waals surface area contributed by atoms with Gasteiger partial charge in [0.1, 0.15) is 23.4 Å². The molecule has 1 aliphatic rings. The fourth-order valence-corrected chi connectivity index (χ4v) is 3.60. The number of halogens is 1. The summed E-state index contributed by atoms with van der Waals surface area (Å²) in [6.45, 7) is 1.86. The Hall–Kier alpha value is -3.13. The van der Waals surface area contributed by atoms with E-state index >= 15 is 0 Å². The van der Waals surface area contributed by atoms with E-state index in [4.69, 9.17) is 9.84 Å². The number of carboxylic acid groups (broad SMARTS) is 1. The largest absolute Gasteiger partial charge is 0.484 e. The number of benzene rings is 1. The van der Waals surface area contributed by atoms with E-state index in [2.05, 4.69) is 9.36 Å². The van der Waals surface area contributed by atoms with Crippen molar-refractivity contribution in [2.75, 3.05) is 0 Å². The number of ether oxygens (including phenoxy) is 1. The van der Waals surface area contributed by atoms with Gasteiger partial charge in [-0.1, -0.05) is 6.07 Å². The van der Waals surface area contributed by atoms with E-state index in [1.54, 1.807) is 18.2 Å². The van der Waals surface area contributed by atoms with Crippen LogP contribution in [0.2, 0.25) is 0 Å². The molecule has 1 atom stereocenters. The van der Waals surface area contributed by atoms with Gasteiger partial charge in [0.15, 0.2) is 5.78 Å². The van der Waals surface area contributed by atoms with Crippen LogP contribution in [-0.4, -0.2) is 26.2 Å². The summed E-state index contributed by atoms with van der Waals surface area (Å²) >= 11 is 1.22. The minimum absolute atomic E-state index is 0.0813. The lowest BCUT2D eigenvalue weighted by atomic mass is 10.1. The van der Waals surface area contributed by atoms with E-state index in [1.165, 1.54) is 29.9 Å². The highest BCUT2D eigenvalue weighted by Gasteiger charge is 2.31. The molecule has 1 aliphatic carbocycles. The lowest BCUT2D eigenvalue weighted by Crippen LogP contribution is -2.05. The standard InChI is InChI=1S/C21H17FN2O4S/c1-11(28-14-5-7-17(23-10-14)20(25)12-2-3-12)19-9-18(24-29-19)13-4-6-15(21(26)27)16(22)8-13/h4-12H,2-3H2,1H3,(H,26,27)/t11-/m1/s1. The van der Waals surface area contributed by atoms with E-state index in [1.807, 2.05) is 6.92 Å². The second-order valence-electron chi connectivity index (χ2n) is 6.89. The Balaban J connectivity index is 1.45. The van der Waals surface area contributed by atoms with Crippen molar-refractivity contribution in [2.24, 2.45) is 5.92 Å². The van der Waals surface area contributed by atoms with Gasteiger partial charge in [0.25, 0.3) is 0 Å². The molecule has 2 aromatic heterocycles. The summed E-state index contributed by atoms with van der Waals surface area (Å²) < 4.78 is 24.1. The van der Waals surface area contributed by atoms with Gasteiger partial charge in [0.05, 0.1) is 22.3 Å². The topological polar surface area (TPSA) is 89.4 Å². The van der Waals surface area contributed by atoms with Crippen molar-refractivity contribution in [3.05, 3.63) is 64.5 Å². The minimum Gasteiger partial charge on any atom is -0.484 e. The third-order valence-corrected chi connectivity index (χ3v) is 5.62. The van der Waals surface area contributed by atoms with Crippen molar-refractivity contribution < 1.29 is 23.8 Å². The summed E-state index contributed by atoms with van der Waals surface area (Å²) in [5.74, 6) is -1.37. The first-order valence-corrected chi connectivity index (χ1v) is 9.86. The van der Waals surface area contributed by atoms with Crippen LogP contribution in [0.1, 0.15) is 51.6 Å². The Morgan fingerprint density at radius 2 is 2.03 bits per heavy atom. The molecule has 1 aromatic carbocycles. The molecule has 2 heterocycles. The molecule has 0 bridgehead atoms. The summed E-state index contributed by atoms with van der Waals surface area (Å²) in [5, 5.41) is 8.93. The van der Waals surface area contributed by atoms with E-state index in [-0.39, 0.29) is 23.4 Å². The van der Waals surface area contributed by atoms with Gasteiger partial charge in [-0.05, 0) is 61.6 Å². The monoisotopic (exact) mass is 412 g/mol. The lowest BCUT2D eigenvalue weighted by Gasteiger charge is -2.12. The van der Waals surface area contributed by atoms with E-state index in [9.17, 15) is 14.0 Å². The highest BCUT2D eigenvalue weighted by atomic mass is 32.1. The van der Waals surface area contributed by atoms with Crippen molar-refractivity contribution in [2.45, 2.75) is 25.9 Å². The number of carbonyl (C=O) groups excluding carboxylic acids is 1. The predicted molar refractivity (Wildman–Crippen MR) is 105 cm³/mol. The van der Waals surface area contributed by atoms with Crippen LogP contribution >= 0.6 is 11.5 Å². The third kappa shape index (κ3) is 4.17. The summed E-state index contributed by atoms with van der Waals surface area (Å²) in [6.07, 6.45) is 3.09. The fourth-order valence-electron chi connectivity index (χ4n) is 2.88. The van der Waals surface area contributed by atoms with Gasteiger partial charge in [-0.2, -0.15) is 4.37 Å². The molecule has 1 N–H and O–H groups in total. The van der Waals surface area contributed by atoms with Gasteiger partial charge in [0.2, 0.25) is 0 Å². The van der Waals surface area contributed by atoms with Crippen molar-refractivity contribution >= 4 is 23.3 Å². The van der Waals surface area contributed by atoms with Crippen LogP contribution in [0.4, 0.5) is 4.39 Å². The highest BCUT2D eigenvalue weighted by molar-refractivity contribution is 7.06. The molecule has 29 heavy (non-hydrogen) atoms. The molecule has 0 saturated heterocycles. The average molecular weight is 412 g/mol. The third-order valence-electron chi connectivity index (χ3n) is 4.67. The Bertz CT molecular complexity index is 1080. The van der Waals surface area contributed by atoms with Crippen LogP contribution in [0.25, 0.3) is 11.3 Å². The number of hydrogen-bond acceptors (Lipinski definition) is 6.